The van der Waals surface area contributed by atoms with Crippen molar-refractivity contribution in [2.45, 2.75) is 12.6 Å². The third-order valence-electron chi connectivity index (χ3n) is 5.41. The van der Waals surface area contributed by atoms with E-state index in [4.69, 9.17) is 4.74 Å². The van der Waals surface area contributed by atoms with Gasteiger partial charge in [0.1, 0.15) is 17.5 Å². The van der Waals surface area contributed by atoms with Crippen LogP contribution < -0.4 is 16.0 Å². The van der Waals surface area contributed by atoms with E-state index in [9.17, 15) is 18.4 Å². The Balaban J connectivity index is 1.38. The van der Waals surface area contributed by atoms with Gasteiger partial charge in [0.25, 0.3) is 5.91 Å². The second kappa shape index (κ2) is 8.47. The Kier molecular flexibility index (Phi) is 5.35. The lowest BCUT2D eigenvalue weighted by Gasteiger charge is -2.40. The molecule has 2 aliphatic heterocycles. The normalized spacial score (nSPS) is 17.0. The number of carbonyl (C=O) groups excluding carboxylic acids is 2. The molecule has 1 fully saturated rings. The Labute approximate surface area is 187 Å². The molecule has 0 saturated carbocycles. The van der Waals surface area contributed by atoms with E-state index in [0.717, 1.165) is 12.5 Å². The van der Waals surface area contributed by atoms with Crippen LogP contribution in [0.4, 0.5) is 36.5 Å². The van der Waals surface area contributed by atoms with Crippen LogP contribution in [0.25, 0.3) is 0 Å². The van der Waals surface area contributed by atoms with Crippen LogP contribution in [-0.2, 0) is 4.74 Å². The number of benzene rings is 2. The molecular weight excluding hydrogens is 432 g/mol. The first-order valence-electron chi connectivity index (χ1n) is 10.3. The molecule has 10 heteroatoms. The average Bonchev–Trinajstić information content (AvgIpc) is 2.81. The Morgan fingerprint density at radius 1 is 1.15 bits per heavy atom. The third kappa shape index (κ3) is 4.08. The Morgan fingerprint density at radius 2 is 2.03 bits per heavy atom. The molecule has 5 rings (SSSR count). The van der Waals surface area contributed by atoms with Crippen molar-refractivity contribution in [1.82, 2.24) is 9.88 Å². The summed E-state index contributed by atoms with van der Waals surface area (Å²) < 4.78 is 34.0. The van der Waals surface area contributed by atoms with E-state index in [2.05, 4.69) is 20.9 Å². The number of pyridine rings is 1. The van der Waals surface area contributed by atoms with Crippen molar-refractivity contribution in [3.8, 4) is 0 Å². The third-order valence-corrected chi connectivity index (χ3v) is 5.41. The van der Waals surface area contributed by atoms with Gasteiger partial charge in [0, 0.05) is 24.0 Å². The summed E-state index contributed by atoms with van der Waals surface area (Å²) in [4.78, 5) is 30.4. The molecule has 33 heavy (non-hydrogen) atoms. The van der Waals surface area contributed by atoms with Gasteiger partial charge in [-0.25, -0.2) is 18.6 Å². The zero-order chi connectivity index (χ0) is 22.9. The first-order chi connectivity index (χ1) is 16.0. The zero-order valence-electron chi connectivity index (χ0n) is 17.3. The number of urea groups is 1. The van der Waals surface area contributed by atoms with Crippen LogP contribution in [-0.4, -0.2) is 35.0 Å². The van der Waals surface area contributed by atoms with Gasteiger partial charge in [-0.05, 0) is 48.9 Å². The first-order valence-corrected chi connectivity index (χ1v) is 10.3. The summed E-state index contributed by atoms with van der Waals surface area (Å²) in [5.74, 6) is -1.35. The monoisotopic (exact) mass is 451 g/mol. The molecular formula is C23H19F2N5O3. The van der Waals surface area contributed by atoms with Crippen molar-refractivity contribution in [1.29, 1.82) is 0 Å². The van der Waals surface area contributed by atoms with Crippen LogP contribution >= 0.6 is 0 Å². The lowest BCUT2D eigenvalue weighted by Crippen LogP contribution is -2.47. The predicted octanol–water partition coefficient (Wildman–Crippen LogP) is 4.62. The maximum atomic E-state index is 14.9. The van der Waals surface area contributed by atoms with Gasteiger partial charge in [0.05, 0.1) is 23.5 Å². The lowest BCUT2D eigenvalue weighted by molar-refractivity contribution is -0.0736. The van der Waals surface area contributed by atoms with Crippen molar-refractivity contribution >= 4 is 34.8 Å². The summed E-state index contributed by atoms with van der Waals surface area (Å²) in [5.41, 5.74) is 1.65. The highest BCUT2D eigenvalue weighted by Crippen LogP contribution is 2.40. The largest absolute Gasteiger partial charge is 0.354 e. The molecule has 1 atom stereocenters. The van der Waals surface area contributed by atoms with Gasteiger partial charge in [-0.3, -0.25) is 15.0 Å². The van der Waals surface area contributed by atoms with Crippen molar-refractivity contribution in [2.75, 3.05) is 29.1 Å². The van der Waals surface area contributed by atoms with Gasteiger partial charge in [0.15, 0.2) is 6.23 Å². The predicted molar refractivity (Wildman–Crippen MR) is 117 cm³/mol. The van der Waals surface area contributed by atoms with Crippen LogP contribution in [0.1, 0.15) is 28.6 Å². The standard InChI is InChI=1S/C23H19F2N5O3/c24-14-4-1-3-13(11-14)21(31)27-15-5-6-17(16(25)12-15)28-18-7-8-26-20-19(18)22-30(23(32)29-20)9-2-10-33-22/h1,3-8,11-12,22H,2,9-10H2,(H,27,31)(H2,26,28,29,32). The lowest BCUT2D eigenvalue weighted by atomic mass is 10.1. The van der Waals surface area contributed by atoms with Gasteiger partial charge in [-0.1, -0.05) is 6.07 Å². The van der Waals surface area contributed by atoms with E-state index in [1.165, 1.54) is 42.6 Å². The van der Waals surface area contributed by atoms with Gasteiger partial charge < -0.3 is 15.4 Å². The highest BCUT2D eigenvalue weighted by molar-refractivity contribution is 6.04. The SMILES string of the molecule is O=C(Nc1ccc(Nc2ccnc3c2C2OCCCN2C(=O)N3)c(F)c1)c1cccc(F)c1. The number of ether oxygens (including phenoxy) is 1. The summed E-state index contributed by atoms with van der Waals surface area (Å²) in [6, 6.07) is 10.8. The minimum absolute atomic E-state index is 0.125. The molecule has 0 aliphatic carbocycles. The van der Waals surface area contributed by atoms with Crippen molar-refractivity contribution in [3.63, 3.8) is 0 Å². The fraction of sp³-hybridized carbons (Fsp3) is 0.174. The molecule has 2 aliphatic rings. The summed E-state index contributed by atoms with van der Waals surface area (Å²) in [5, 5.41) is 8.32. The van der Waals surface area contributed by atoms with E-state index in [0.29, 0.717) is 30.2 Å². The van der Waals surface area contributed by atoms with E-state index >= 15 is 0 Å². The first kappa shape index (κ1) is 20.8. The summed E-state index contributed by atoms with van der Waals surface area (Å²) in [7, 11) is 0. The minimum Gasteiger partial charge on any atom is -0.354 e. The summed E-state index contributed by atoms with van der Waals surface area (Å²) in [6.07, 6.45) is 1.61. The second-order valence-corrected chi connectivity index (χ2v) is 7.61. The molecule has 3 heterocycles. The van der Waals surface area contributed by atoms with Gasteiger partial charge in [-0.2, -0.15) is 0 Å². The molecule has 1 unspecified atom stereocenters. The molecule has 2 aromatic carbocycles. The second-order valence-electron chi connectivity index (χ2n) is 7.61. The average molecular weight is 451 g/mol. The number of carbonyl (C=O) groups is 2. The number of aromatic nitrogens is 1. The fourth-order valence-electron chi connectivity index (χ4n) is 3.86. The van der Waals surface area contributed by atoms with Crippen molar-refractivity contribution < 1.29 is 23.1 Å². The number of amides is 3. The number of anilines is 4. The Bertz CT molecular complexity index is 1250. The number of fused-ring (bicyclic) bond motifs is 3. The fourth-order valence-corrected chi connectivity index (χ4v) is 3.86. The maximum Gasteiger partial charge on any atom is 0.325 e. The molecule has 3 amide bonds. The molecule has 168 valence electrons. The molecule has 3 N–H and O–H groups in total. The highest BCUT2D eigenvalue weighted by atomic mass is 19.1. The van der Waals surface area contributed by atoms with E-state index in [1.807, 2.05) is 0 Å². The van der Waals surface area contributed by atoms with E-state index in [-0.39, 0.29) is 23.0 Å². The van der Waals surface area contributed by atoms with Crippen LogP contribution in [0, 0.1) is 11.6 Å². The number of rotatable bonds is 4. The van der Waals surface area contributed by atoms with Crippen LogP contribution in [0.3, 0.4) is 0 Å². The number of hydrogen-bond donors (Lipinski definition) is 3. The molecule has 1 aromatic heterocycles. The topological polar surface area (TPSA) is 95.6 Å². The molecule has 8 nitrogen and oxygen atoms in total. The maximum absolute atomic E-state index is 14.9. The summed E-state index contributed by atoms with van der Waals surface area (Å²) >= 11 is 0. The smallest absolute Gasteiger partial charge is 0.325 e. The minimum atomic E-state index is -0.619. The number of hydrogen-bond acceptors (Lipinski definition) is 5. The van der Waals surface area contributed by atoms with Crippen molar-refractivity contribution in [3.05, 3.63) is 77.5 Å². The molecule has 0 spiro atoms. The van der Waals surface area contributed by atoms with Crippen molar-refractivity contribution in [2.24, 2.45) is 0 Å². The number of nitrogens with one attached hydrogen (secondary N) is 3. The van der Waals surface area contributed by atoms with E-state index in [1.54, 1.807) is 11.0 Å². The Morgan fingerprint density at radius 3 is 2.85 bits per heavy atom. The van der Waals surface area contributed by atoms with Gasteiger partial charge in [0.2, 0.25) is 0 Å². The number of nitrogens with zero attached hydrogens (tertiary/aromatic N) is 2. The molecule has 0 bridgehead atoms. The van der Waals surface area contributed by atoms with Gasteiger partial charge >= 0.3 is 6.03 Å². The van der Waals surface area contributed by atoms with Gasteiger partial charge in [-0.15, -0.1) is 0 Å². The number of halogens is 2. The van der Waals surface area contributed by atoms with Crippen LogP contribution in [0.5, 0.6) is 0 Å². The van der Waals surface area contributed by atoms with Crippen LogP contribution in [0.15, 0.2) is 54.7 Å². The highest BCUT2D eigenvalue weighted by Gasteiger charge is 2.37. The molecule has 1 saturated heterocycles. The quantitative estimate of drug-likeness (QED) is 0.538. The van der Waals surface area contributed by atoms with E-state index < -0.39 is 23.8 Å². The zero-order valence-corrected chi connectivity index (χ0v) is 17.3. The van der Waals surface area contributed by atoms with Crippen LogP contribution in [0.2, 0.25) is 0 Å². The molecule has 3 aromatic rings. The summed E-state index contributed by atoms with van der Waals surface area (Å²) in [6.45, 7) is 1.04. The molecule has 0 radical (unpaired) electrons. The Hall–Kier alpha value is -4.05.